The lowest BCUT2D eigenvalue weighted by Gasteiger charge is -2.45. The zero-order chi connectivity index (χ0) is 15.6. The van der Waals surface area contributed by atoms with Crippen molar-refractivity contribution >= 4 is 11.8 Å². The highest BCUT2D eigenvalue weighted by Gasteiger charge is 2.49. The van der Waals surface area contributed by atoms with Crippen molar-refractivity contribution in [2.24, 2.45) is 5.41 Å². The summed E-state index contributed by atoms with van der Waals surface area (Å²) >= 11 is 0. The van der Waals surface area contributed by atoms with Crippen LogP contribution in [0.1, 0.15) is 27.2 Å². The maximum absolute atomic E-state index is 11.6. The molecule has 5 heteroatoms. The van der Waals surface area contributed by atoms with Gasteiger partial charge in [-0.2, -0.15) is 0 Å². The number of carboxylic acids is 1. The lowest BCUT2D eigenvalue weighted by molar-refractivity contribution is -0.297. The second-order valence-corrected chi connectivity index (χ2v) is 5.50. The molecule has 0 aliphatic heterocycles. The number of hydrogen-bond acceptors (Lipinski definition) is 5. The lowest BCUT2D eigenvalue weighted by Crippen LogP contribution is -2.52. The molecule has 0 saturated carbocycles. The molecule has 0 saturated heterocycles. The van der Waals surface area contributed by atoms with Crippen molar-refractivity contribution in [3.8, 4) is 0 Å². The van der Waals surface area contributed by atoms with Crippen molar-refractivity contribution in [1.82, 2.24) is 0 Å². The largest absolute Gasteiger partial charge is 0.545 e. The van der Waals surface area contributed by atoms with Gasteiger partial charge in [0.2, 0.25) is 0 Å². The van der Waals surface area contributed by atoms with Crippen LogP contribution in [0.15, 0.2) is 35.5 Å². The summed E-state index contributed by atoms with van der Waals surface area (Å²) in [6, 6.07) is 0. The molecule has 0 amide bonds. The minimum atomic E-state index is -1.50. The molecule has 0 spiro atoms. The number of ketones is 1. The molecular weight excluding hydrogens is 260 g/mol. The average molecular weight is 279 g/mol. The molecule has 20 heavy (non-hydrogen) atoms. The molecule has 110 valence electrons. The van der Waals surface area contributed by atoms with Gasteiger partial charge < -0.3 is 20.1 Å². The van der Waals surface area contributed by atoms with Crippen LogP contribution in [-0.4, -0.2) is 34.2 Å². The maximum atomic E-state index is 11.6. The van der Waals surface area contributed by atoms with Gasteiger partial charge in [-0.05, 0) is 43.2 Å². The van der Waals surface area contributed by atoms with E-state index in [2.05, 4.69) is 0 Å². The van der Waals surface area contributed by atoms with Crippen LogP contribution in [0.2, 0.25) is 0 Å². The Hall–Kier alpha value is -1.72. The fourth-order valence-electron chi connectivity index (χ4n) is 2.39. The van der Waals surface area contributed by atoms with Crippen LogP contribution >= 0.6 is 0 Å². The van der Waals surface area contributed by atoms with E-state index >= 15 is 0 Å². The Labute approximate surface area is 117 Å². The zero-order valence-electron chi connectivity index (χ0n) is 11.8. The number of rotatable bonds is 4. The second-order valence-electron chi connectivity index (χ2n) is 5.50. The Balaban J connectivity index is 3.22. The first kappa shape index (κ1) is 16.3. The standard InChI is InChI=1S/C15H20O5/c1-10(6-13(18)19)4-5-15(20)11(2)7-12(17)8-14(15,3)9-16/h4-7,16,20H,8-9H2,1-3H3,(H,18,19)/p-1/b5-4+,10-6-/t14-,15-/m1/s1. The fourth-order valence-corrected chi connectivity index (χ4v) is 2.39. The van der Waals surface area contributed by atoms with E-state index in [1.165, 1.54) is 18.2 Å². The summed E-state index contributed by atoms with van der Waals surface area (Å²) in [5.41, 5.74) is -1.73. The molecule has 2 atom stereocenters. The highest BCUT2D eigenvalue weighted by Crippen LogP contribution is 2.44. The molecule has 1 rings (SSSR count). The van der Waals surface area contributed by atoms with Crippen LogP contribution in [0, 0.1) is 5.41 Å². The predicted molar refractivity (Wildman–Crippen MR) is 71.4 cm³/mol. The second kappa shape index (κ2) is 5.73. The van der Waals surface area contributed by atoms with Crippen LogP contribution in [0.5, 0.6) is 0 Å². The van der Waals surface area contributed by atoms with E-state index < -0.39 is 17.0 Å². The molecule has 0 heterocycles. The number of allylic oxidation sites excluding steroid dienone is 3. The average Bonchev–Trinajstić information content (AvgIpc) is 2.33. The summed E-state index contributed by atoms with van der Waals surface area (Å²) in [6.07, 6.45) is 5.13. The number of aliphatic hydroxyl groups is 2. The van der Waals surface area contributed by atoms with Crippen molar-refractivity contribution < 1.29 is 24.9 Å². The third-order valence-corrected chi connectivity index (χ3v) is 3.75. The van der Waals surface area contributed by atoms with E-state index in [4.69, 9.17) is 0 Å². The van der Waals surface area contributed by atoms with Crippen molar-refractivity contribution in [3.05, 3.63) is 35.5 Å². The quantitative estimate of drug-likeness (QED) is 0.552. The van der Waals surface area contributed by atoms with E-state index in [1.54, 1.807) is 20.8 Å². The van der Waals surface area contributed by atoms with Gasteiger partial charge >= 0.3 is 0 Å². The first-order valence-corrected chi connectivity index (χ1v) is 6.28. The van der Waals surface area contributed by atoms with Gasteiger partial charge in [0.1, 0.15) is 5.60 Å². The summed E-state index contributed by atoms with van der Waals surface area (Å²) in [5, 5.41) is 30.8. The van der Waals surface area contributed by atoms with Crippen molar-refractivity contribution in [2.75, 3.05) is 6.61 Å². The smallest absolute Gasteiger partial charge is 0.156 e. The van der Waals surface area contributed by atoms with Gasteiger partial charge in [-0.1, -0.05) is 13.0 Å². The number of carbonyl (C=O) groups is 2. The molecule has 0 aromatic heterocycles. The van der Waals surface area contributed by atoms with E-state index in [1.807, 2.05) is 0 Å². The molecule has 0 aromatic rings. The Bertz CT molecular complexity index is 514. The summed E-state index contributed by atoms with van der Waals surface area (Å²) < 4.78 is 0. The van der Waals surface area contributed by atoms with Gasteiger partial charge in [0.25, 0.3) is 0 Å². The topological polar surface area (TPSA) is 97.7 Å². The normalized spacial score (nSPS) is 31.6. The summed E-state index contributed by atoms with van der Waals surface area (Å²) in [5.74, 6) is -1.48. The molecule has 5 nitrogen and oxygen atoms in total. The third-order valence-electron chi connectivity index (χ3n) is 3.75. The maximum Gasteiger partial charge on any atom is 0.156 e. The van der Waals surface area contributed by atoms with E-state index in [9.17, 15) is 24.9 Å². The first-order chi connectivity index (χ1) is 9.14. The third kappa shape index (κ3) is 3.05. The van der Waals surface area contributed by atoms with E-state index in [0.717, 1.165) is 6.08 Å². The van der Waals surface area contributed by atoms with Crippen molar-refractivity contribution in [1.29, 1.82) is 0 Å². The molecule has 2 N–H and O–H groups in total. The van der Waals surface area contributed by atoms with Crippen molar-refractivity contribution in [2.45, 2.75) is 32.8 Å². The van der Waals surface area contributed by atoms with Crippen LogP contribution in [0.4, 0.5) is 0 Å². The molecule has 0 aromatic carbocycles. The SMILES string of the molecule is CC1=CC(=O)C[C@](C)(CO)[C@@]1(O)/C=C/C(C)=C\C(=O)[O-]. The van der Waals surface area contributed by atoms with Gasteiger partial charge in [-0.15, -0.1) is 0 Å². The molecule has 1 aliphatic rings. The van der Waals surface area contributed by atoms with Crippen LogP contribution < -0.4 is 5.11 Å². The minimum Gasteiger partial charge on any atom is -0.545 e. The monoisotopic (exact) mass is 279 g/mol. The van der Waals surface area contributed by atoms with Gasteiger partial charge in [-0.3, -0.25) is 4.79 Å². The Morgan fingerprint density at radius 3 is 2.65 bits per heavy atom. The molecule has 0 radical (unpaired) electrons. The molecule has 0 fully saturated rings. The Morgan fingerprint density at radius 2 is 2.15 bits per heavy atom. The van der Waals surface area contributed by atoms with Gasteiger partial charge in [0.05, 0.1) is 12.6 Å². The number of carboxylic acid groups (broad SMARTS) is 1. The van der Waals surface area contributed by atoms with Crippen LogP contribution in [-0.2, 0) is 9.59 Å². The van der Waals surface area contributed by atoms with Crippen molar-refractivity contribution in [3.63, 3.8) is 0 Å². The van der Waals surface area contributed by atoms with Crippen LogP contribution in [0.3, 0.4) is 0 Å². The first-order valence-electron chi connectivity index (χ1n) is 6.28. The molecule has 1 aliphatic carbocycles. The number of aliphatic hydroxyl groups excluding tert-OH is 1. The van der Waals surface area contributed by atoms with E-state index in [0.29, 0.717) is 11.1 Å². The van der Waals surface area contributed by atoms with Gasteiger partial charge in [0.15, 0.2) is 5.78 Å². The van der Waals surface area contributed by atoms with Gasteiger partial charge in [-0.25, -0.2) is 0 Å². The fraction of sp³-hybridized carbons (Fsp3) is 0.467. The molecule has 0 unspecified atom stereocenters. The van der Waals surface area contributed by atoms with Crippen LogP contribution in [0.25, 0.3) is 0 Å². The Morgan fingerprint density at radius 1 is 1.55 bits per heavy atom. The lowest BCUT2D eigenvalue weighted by atomic mass is 9.64. The predicted octanol–water partition coefficient (Wildman–Crippen LogP) is -0.112. The van der Waals surface area contributed by atoms with Gasteiger partial charge in [0, 0.05) is 11.8 Å². The molecular formula is C15H19O5-. The Kier molecular flexibility index (Phi) is 4.68. The summed E-state index contributed by atoms with van der Waals surface area (Å²) in [4.78, 5) is 22.1. The highest BCUT2D eigenvalue weighted by molar-refractivity contribution is 5.93. The summed E-state index contributed by atoms with van der Waals surface area (Å²) in [7, 11) is 0. The van der Waals surface area contributed by atoms with E-state index in [-0.39, 0.29) is 18.8 Å². The number of carbonyl (C=O) groups excluding carboxylic acids is 2. The highest BCUT2D eigenvalue weighted by atomic mass is 16.4. The molecule has 0 bridgehead atoms. The summed E-state index contributed by atoms with van der Waals surface area (Å²) in [6.45, 7) is 4.41. The zero-order valence-corrected chi connectivity index (χ0v) is 11.8. The number of hydrogen-bond donors (Lipinski definition) is 2. The number of aliphatic carboxylic acids is 1. The minimum absolute atomic E-state index is 0.0188.